The van der Waals surface area contributed by atoms with Gasteiger partial charge in [0.25, 0.3) is 0 Å². The zero-order valence-corrected chi connectivity index (χ0v) is 16.7. The van der Waals surface area contributed by atoms with Crippen molar-refractivity contribution in [1.29, 1.82) is 0 Å². The predicted molar refractivity (Wildman–Crippen MR) is 112 cm³/mol. The van der Waals surface area contributed by atoms with E-state index in [0.717, 1.165) is 35.4 Å². The first-order valence-corrected chi connectivity index (χ1v) is 11.0. The van der Waals surface area contributed by atoms with Crippen LogP contribution in [0.4, 0.5) is 0 Å². The van der Waals surface area contributed by atoms with Gasteiger partial charge in [-0.1, -0.05) is 36.4 Å². The van der Waals surface area contributed by atoms with Gasteiger partial charge in [-0.05, 0) is 48.4 Å². The molecule has 1 saturated heterocycles. The fraction of sp³-hybridized carbons (Fsp3) is 0.227. The third-order valence-corrected chi connectivity index (χ3v) is 6.29. The predicted octanol–water partition coefficient (Wildman–Crippen LogP) is 2.97. The number of ether oxygens (including phenoxy) is 1. The number of hydrogen-bond donors (Lipinski definition) is 2. The van der Waals surface area contributed by atoms with Crippen molar-refractivity contribution < 1.29 is 13.2 Å². The second kappa shape index (κ2) is 8.73. The maximum atomic E-state index is 12.4. The number of nitrogens with zero attached hydrogens (tertiary/aromatic N) is 1. The molecule has 2 N–H and O–H groups in total. The van der Waals surface area contributed by atoms with Gasteiger partial charge in [-0.15, -0.1) is 0 Å². The molecule has 4 rings (SSSR count). The van der Waals surface area contributed by atoms with Crippen molar-refractivity contribution >= 4 is 10.0 Å². The van der Waals surface area contributed by atoms with Crippen molar-refractivity contribution in [3.8, 4) is 16.9 Å². The Kier molecular flexibility index (Phi) is 5.89. The molecule has 1 aliphatic rings. The zero-order valence-electron chi connectivity index (χ0n) is 15.9. The average molecular weight is 410 g/mol. The topological polar surface area (TPSA) is 80.3 Å². The first-order chi connectivity index (χ1) is 14.1. The van der Waals surface area contributed by atoms with Crippen LogP contribution >= 0.6 is 0 Å². The molecule has 0 aliphatic carbocycles. The van der Waals surface area contributed by atoms with Gasteiger partial charge in [0.05, 0.1) is 11.1 Å². The molecular weight excluding hydrogens is 386 g/mol. The Morgan fingerprint density at radius 1 is 1.03 bits per heavy atom. The summed E-state index contributed by atoms with van der Waals surface area (Å²) in [6, 6.07) is 18.5. The van der Waals surface area contributed by atoms with Crippen LogP contribution in [0.2, 0.25) is 0 Å². The summed E-state index contributed by atoms with van der Waals surface area (Å²) in [5.41, 5.74) is 2.75. The number of pyridine rings is 1. The van der Waals surface area contributed by atoms with Gasteiger partial charge in [-0.3, -0.25) is 4.98 Å². The summed E-state index contributed by atoms with van der Waals surface area (Å²) >= 11 is 0. The lowest BCUT2D eigenvalue weighted by atomic mass is 10.0. The molecule has 6 nitrogen and oxygen atoms in total. The molecule has 0 amide bonds. The number of aromatic nitrogens is 1. The van der Waals surface area contributed by atoms with E-state index in [0.29, 0.717) is 12.6 Å². The molecule has 150 valence electrons. The zero-order chi connectivity index (χ0) is 20.1. The molecule has 0 radical (unpaired) electrons. The van der Waals surface area contributed by atoms with E-state index < -0.39 is 10.0 Å². The lowest BCUT2D eigenvalue weighted by Crippen LogP contribution is -2.46. The highest BCUT2D eigenvalue weighted by Gasteiger charge is 2.17. The number of benzene rings is 2. The van der Waals surface area contributed by atoms with E-state index >= 15 is 0 Å². The Morgan fingerprint density at radius 3 is 2.62 bits per heavy atom. The molecule has 0 bridgehead atoms. The maximum Gasteiger partial charge on any atom is 0.240 e. The molecule has 1 aromatic heterocycles. The first-order valence-electron chi connectivity index (χ1n) is 9.55. The van der Waals surface area contributed by atoms with Crippen LogP contribution in [-0.4, -0.2) is 32.6 Å². The molecule has 1 fully saturated rings. The Labute approximate surface area is 171 Å². The van der Waals surface area contributed by atoms with Crippen LogP contribution in [0.15, 0.2) is 78.0 Å². The van der Waals surface area contributed by atoms with Gasteiger partial charge in [0, 0.05) is 24.3 Å². The summed E-state index contributed by atoms with van der Waals surface area (Å²) in [5.74, 6) is 0.728. The van der Waals surface area contributed by atoms with Crippen LogP contribution in [0.25, 0.3) is 11.1 Å². The Hall–Kier alpha value is -2.74. The molecule has 0 saturated carbocycles. The molecule has 0 unspecified atom stereocenters. The highest BCUT2D eigenvalue weighted by Crippen LogP contribution is 2.24. The van der Waals surface area contributed by atoms with E-state index in [2.05, 4.69) is 15.0 Å². The summed E-state index contributed by atoms with van der Waals surface area (Å²) in [4.78, 5) is 4.54. The minimum Gasteiger partial charge on any atom is -0.490 e. The van der Waals surface area contributed by atoms with Gasteiger partial charge in [-0.25, -0.2) is 13.1 Å². The third-order valence-electron chi connectivity index (χ3n) is 4.87. The number of rotatable bonds is 8. The lowest BCUT2D eigenvalue weighted by molar-refractivity contribution is 0.217. The molecule has 7 heteroatoms. The molecule has 1 aliphatic heterocycles. The van der Waals surface area contributed by atoms with Crippen LogP contribution in [0, 0.1) is 0 Å². The van der Waals surface area contributed by atoms with Crippen LogP contribution in [0.1, 0.15) is 12.0 Å². The smallest absolute Gasteiger partial charge is 0.240 e. The van der Waals surface area contributed by atoms with Gasteiger partial charge in [-0.2, -0.15) is 0 Å². The minimum absolute atomic E-state index is 0.210. The van der Waals surface area contributed by atoms with Gasteiger partial charge in [0.1, 0.15) is 12.4 Å². The van der Waals surface area contributed by atoms with Crippen LogP contribution in [-0.2, 0) is 16.6 Å². The van der Waals surface area contributed by atoms with Crippen LogP contribution in [0.3, 0.4) is 0 Å². The average Bonchev–Trinajstić information content (AvgIpc) is 2.72. The summed E-state index contributed by atoms with van der Waals surface area (Å²) in [6.45, 7) is 1.89. The Bertz CT molecular complexity index is 1070. The van der Waals surface area contributed by atoms with Gasteiger partial charge >= 0.3 is 0 Å². The lowest BCUT2D eigenvalue weighted by Gasteiger charge is -2.27. The Balaban J connectivity index is 1.44. The number of sulfonamides is 1. The maximum absolute atomic E-state index is 12.4. The quantitative estimate of drug-likeness (QED) is 0.598. The number of hydrogen-bond acceptors (Lipinski definition) is 5. The molecule has 1 atom stereocenters. The normalized spacial score (nSPS) is 16.2. The van der Waals surface area contributed by atoms with Crippen LogP contribution < -0.4 is 14.8 Å². The van der Waals surface area contributed by atoms with E-state index in [1.54, 1.807) is 42.7 Å². The summed E-state index contributed by atoms with van der Waals surface area (Å²) in [7, 11) is -3.54. The van der Waals surface area contributed by atoms with Crippen molar-refractivity contribution in [2.75, 3.05) is 13.2 Å². The van der Waals surface area contributed by atoms with Crippen molar-refractivity contribution in [3.63, 3.8) is 0 Å². The molecule has 0 spiro atoms. The molecule has 2 aromatic carbocycles. The minimum atomic E-state index is -3.54. The van der Waals surface area contributed by atoms with Crippen molar-refractivity contribution in [1.82, 2.24) is 15.0 Å². The standard InChI is InChI=1S/C22H23N3O3S/c26-29(27,22-7-2-1-3-8-22)25-13-17-5-4-6-18(11-17)19-12-21(15-23-14-19)28-16-20-9-10-24-20/h1-8,11-12,14-15,20,24-25H,9-10,13,16H2/t20-/m0/s1. The van der Waals surface area contributed by atoms with E-state index in [9.17, 15) is 8.42 Å². The van der Waals surface area contributed by atoms with Gasteiger partial charge in [0.2, 0.25) is 10.0 Å². The summed E-state index contributed by atoms with van der Waals surface area (Å²) in [5, 5.41) is 3.31. The van der Waals surface area contributed by atoms with Crippen LogP contribution in [0.5, 0.6) is 5.75 Å². The third kappa shape index (κ3) is 5.00. The van der Waals surface area contributed by atoms with Crippen molar-refractivity contribution in [3.05, 3.63) is 78.6 Å². The largest absolute Gasteiger partial charge is 0.490 e. The van der Waals surface area contributed by atoms with Crippen molar-refractivity contribution in [2.24, 2.45) is 0 Å². The molecular formula is C22H23N3O3S. The van der Waals surface area contributed by atoms with E-state index in [-0.39, 0.29) is 11.4 Å². The highest BCUT2D eigenvalue weighted by atomic mass is 32.2. The van der Waals surface area contributed by atoms with Gasteiger partial charge < -0.3 is 10.1 Å². The first kappa shape index (κ1) is 19.6. The van der Waals surface area contributed by atoms with E-state index in [4.69, 9.17) is 4.74 Å². The van der Waals surface area contributed by atoms with Gasteiger partial charge in [0.15, 0.2) is 0 Å². The summed E-state index contributed by atoms with van der Waals surface area (Å²) in [6.07, 6.45) is 4.62. The monoisotopic (exact) mass is 409 g/mol. The number of nitrogens with one attached hydrogen (secondary N) is 2. The second-order valence-corrected chi connectivity index (χ2v) is 8.76. The highest BCUT2D eigenvalue weighted by molar-refractivity contribution is 7.89. The molecule has 29 heavy (non-hydrogen) atoms. The second-order valence-electron chi connectivity index (χ2n) is 7.00. The Morgan fingerprint density at radius 2 is 1.86 bits per heavy atom. The fourth-order valence-corrected chi connectivity index (χ4v) is 4.10. The fourth-order valence-electron chi connectivity index (χ4n) is 3.07. The van der Waals surface area contributed by atoms with E-state index in [1.807, 2.05) is 30.3 Å². The van der Waals surface area contributed by atoms with E-state index in [1.165, 1.54) is 0 Å². The molecule has 3 aromatic rings. The van der Waals surface area contributed by atoms with Crippen molar-refractivity contribution in [2.45, 2.75) is 23.9 Å². The SMILES string of the molecule is O=S(=O)(NCc1cccc(-c2cncc(OC[C@@H]3CCN3)c2)c1)c1ccccc1. The summed E-state index contributed by atoms with van der Waals surface area (Å²) < 4.78 is 33.3. The molecule has 2 heterocycles.